The molecule has 2 aromatic carbocycles. The van der Waals surface area contributed by atoms with E-state index in [1.54, 1.807) is 11.3 Å². The smallest absolute Gasteiger partial charge is 0.274 e. The van der Waals surface area contributed by atoms with Crippen LogP contribution in [0, 0.1) is 26.7 Å². The molecule has 3 heterocycles. The van der Waals surface area contributed by atoms with Gasteiger partial charge in [-0.05, 0) is 51.2 Å². The number of amides is 2. The van der Waals surface area contributed by atoms with Crippen LogP contribution < -0.4 is 5.32 Å². The van der Waals surface area contributed by atoms with Gasteiger partial charge in [-0.3, -0.25) is 9.59 Å². The van der Waals surface area contributed by atoms with E-state index < -0.39 is 0 Å². The van der Waals surface area contributed by atoms with E-state index in [-0.39, 0.29) is 23.9 Å². The van der Waals surface area contributed by atoms with Crippen molar-refractivity contribution in [3.8, 4) is 10.4 Å². The predicted octanol–water partition coefficient (Wildman–Crippen LogP) is 5.26. The molecule has 0 spiro atoms. The molecule has 1 saturated carbocycles. The molecule has 0 bridgehead atoms. The Balaban J connectivity index is 1.25. The number of nitrogens with one attached hydrogen (secondary N) is 1. The Kier molecular flexibility index (Phi) is 5.48. The van der Waals surface area contributed by atoms with Crippen molar-refractivity contribution in [3.63, 3.8) is 0 Å². The molecule has 6 nitrogen and oxygen atoms in total. The van der Waals surface area contributed by atoms with Gasteiger partial charge in [-0.2, -0.15) is 0 Å². The lowest BCUT2D eigenvalue weighted by Crippen LogP contribution is -2.45. The zero-order chi connectivity index (χ0) is 25.1. The van der Waals surface area contributed by atoms with Crippen molar-refractivity contribution in [2.45, 2.75) is 45.7 Å². The van der Waals surface area contributed by atoms with Gasteiger partial charge in [0.25, 0.3) is 11.8 Å². The van der Waals surface area contributed by atoms with E-state index >= 15 is 0 Å². The molecule has 0 unspecified atom stereocenters. The standard InChI is InChI=1S/C29H30N4O2S/c1-16-8-7-9-19(12-16)27-26(31-18(3)36-27)29(35)33-21(13-20-14-24(20)33)15-30-28(34)25-17(2)32(4)23-11-6-5-10-22(23)25/h5-12,20-21,24H,13-15H2,1-4H3,(H,30,34)/t20-,21+,24+/m1/s1. The van der Waals surface area contributed by atoms with Crippen molar-refractivity contribution in [2.24, 2.45) is 13.0 Å². The SMILES string of the molecule is Cc1cccc(-c2sc(C)nc2C(=O)N2[C@H](CNC(=O)c3c(C)n(C)c4ccccc34)C[C@@H]3C[C@@H]32)c1. The quantitative estimate of drug-likeness (QED) is 0.408. The third-order valence-corrected chi connectivity index (χ3v) is 8.81. The Bertz CT molecular complexity index is 1520. The van der Waals surface area contributed by atoms with Crippen LogP contribution in [-0.4, -0.2) is 44.9 Å². The third-order valence-electron chi connectivity index (χ3n) is 7.79. The summed E-state index contributed by atoms with van der Waals surface area (Å²) in [6.07, 6.45) is 1.97. The van der Waals surface area contributed by atoms with Gasteiger partial charge in [0, 0.05) is 36.2 Å². The van der Waals surface area contributed by atoms with Crippen LogP contribution in [0.1, 0.15) is 50.0 Å². The summed E-state index contributed by atoms with van der Waals surface area (Å²) in [5, 5.41) is 5.00. The molecular formula is C29H30N4O2S. The summed E-state index contributed by atoms with van der Waals surface area (Å²) in [6.45, 7) is 6.44. The van der Waals surface area contributed by atoms with Crippen LogP contribution in [0.2, 0.25) is 0 Å². The molecule has 6 rings (SSSR count). The van der Waals surface area contributed by atoms with E-state index in [1.807, 2.05) is 62.2 Å². The van der Waals surface area contributed by atoms with Gasteiger partial charge in [0.1, 0.15) is 5.69 Å². The van der Waals surface area contributed by atoms with Crippen LogP contribution in [0.15, 0.2) is 48.5 Å². The van der Waals surface area contributed by atoms with E-state index in [9.17, 15) is 9.59 Å². The van der Waals surface area contributed by atoms with Crippen LogP contribution >= 0.6 is 11.3 Å². The lowest BCUT2D eigenvalue weighted by molar-refractivity contribution is 0.0684. The summed E-state index contributed by atoms with van der Waals surface area (Å²) < 4.78 is 2.06. The van der Waals surface area contributed by atoms with Crippen molar-refractivity contribution >= 4 is 34.1 Å². The van der Waals surface area contributed by atoms with E-state index in [0.717, 1.165) is 50.5 Å². The van der Waals surface area contributed by atoms with Gasteiger partial charge in [-0.25, -0.2) is 4.98 Å². The number of para-hydroxylation sites is 1. The second kappa shape index (κ2) is 8.59. The molecule has 3 atom stereocenters. The van der Waals surface area contributed by atoms with Crippen molar-refractivity contribution in [1.82, 2.24) is 19.8 Å². The predicted molar refractivity (Wildman–Crippen MR) is 143 cm³/mol. The molecule has 1 aliphatic heterocycles. The molecule has 2 amide bonds. The number of fused-ring (bicyclic) bond motifs is 2. The molecule has 184 valence electrons. The highest BCUT2D eigenvalue weighted by Crippen LogP contribution is 2.49. The fraction of sp³-hybridized carbons (Fsp3) is 0.345. The highest BCUT2D eigenvalue weighted by molar-refractivity contribution is 7.15. The van der Waals surface area contributed by atoms with E-state index in [0.29, 0.717) is 23.7 Å². The Morgan fingerprint density at radius 3 is 2.69 bits per heavy atom. The minimum absolute atomic E-state index is 0.0125. The molecule has 1 N–H and O–H groups in total. The number of carbonyl (C=O) groups is 2. The molecule has 0 radical (unpaired) electrons. The van der Waals surface area contributed by atoms with Crippen molar-refractivity contribution < 1.29 is 9.59 Å². The molecule has 2 fully saturated rings. The fourth-order valence-corrected chi connectivity index (χ4v) is 6.75. The summed E-state index contributed by atoms with van der Waals surface area (Å²) in [4.78, 5) is 34.8. The number of piperidine rings is 1. The first kappa shape index (κ1) is 23.0. The molecule has 1 aliphatic carbocycles. The summed E-state index contributed by atoms with van der Waals surface area (Å²) in [5.74, 6) is 0.431. The summed E-state index contributed by atoms with van der Waals surface area (Å²) in [6, 6.07) is 16.5. The van der Waals surface area contributed by atoms with Crippen LogP contribution in [0.5, 0.6) is 0 Å². The van der Waals surface area contributed by atoms with Crippen LogP contribution in [0.4, 0.5) is 0 Å². The summed E-state index contributed by atoms with van der Waals surface area (Å²) in [7, 11) is 1.99. The number of aryl methyl sites for hydroxylation is 3. The zero-order valence-corrected chi connectivity index (χ0v) is 21.9. The molecule has 4 aromatic rings. The van der Waals surface area contributed by atoms with E-state index in [4.69, 9.17) is 0 Å². The number of carbonyl (C=O) groups excluding carboxylic acids is 2. The number of aromatic nitrogens is 2. The normalized spacial score (nSPS) is 20.6. The molecule has 1 saturated heterocycles. The van der Waals surface area contributed by atoms with Gasteiger partial charge in [-0.15, -0.1) is 11.3 Å². The number of nitrogens with zero attached hydrogens (tertiary/aromatic N) is 3. The maximum Gasteiger partial charge on any atom is 0.274 e. The minimum Gasteiger partial charge on any atom is -0.350 e. The first-order valence-electron chi connectivity index (χ1n) is 12.5. The number of likely N-dealkylation sites (tertiary alicyclic amines) is 1. The van der Waals surface area contributed by atoms with Crippen LogP contribution in [0.25, 0.3) is 21.3 Å². The van der Waals surface area contributed by atoms with Gasteiger partial charge in [-0.1, -0.05) is 48.0 Å². The molecule has 2 aromatic heterocycles. The van der Waals surface area contributed by atoms with Crippen molar-refractivity contribution in [2.75, 3.05) is 6.54 Å². The average molecular weight is 499 g/mol. The number of benzene rings is 2. The number of rotatable bonds is 5. The van der Waals surface area contributed by atoms with Gasteiger partial charge in [0.05, 0.1) is 21.5 Å². The number of hydrogen-bond acceptors (Lipinski definition) is 4. The monoisotopic (exact) mass is 498 g/mol. The van der Waals surface area contributed by atoms with Crippen molar-refractivity contribution in [1.29, 1.82) is 0 Å². The Morgan fingerprint density at radius 2 is 1.89 bits per heavy atom. The number of thiazole rings is 1. The van der Waals surface area contributed by atoms with Gasteiger partial charge < -0.3 is 14.8 Å². The zero-order valence-electron chi connectivity index (χ0n) is 21.0. The highest BCUT2D eigenvalue weighted by Gasteiger charge is 2.54. The first-order valence-corrected chi connectivity index (χ1v) is 13.3. The minimum atomic E-state index is -0.0813. The lowest BCUT2D eigenvalue weighted by Gasteiger charge is -2.27. The third kappa shape index (κ3) is 3.73. The van der Waals surface area contributed by atoms with E-state index in [2.05, 4.69) is 33.9 Å². The first-order chi connectivity index (χ1) is 17.3. The largest absolute Gasteiger partial charge is 0.350 e. The lowest BCUT2D eigenvalue weighted by atomic mass is 10.1. The molecule has 2 aliphatic rings. The fourth-order valence-electron chi connectivity index (χ4n) is 5.84. The maximum absolute atomic E-state index is 13.9. The summed E-state index contributed by atoms with van der Waals surface area (Å²) >= 11 is 1.57. The Labute approximate surface area is 215 Å². The van der Waals surface area contributed by atoms with Gasteiger partial charge in [0.2, 0.25) is 0 Å². The Hall–Kier alpha value is -3.45. The Morgan fingerprint density at radius 1 is 1.08 bits per heavy atom. The molecule has 7 heteroatoms. The number of hydrogen-bond donors (Lipinski definition) is 1. The second-order valence-electron chi connectivity index (χ2n) is 10.2. The van der Waals surface area contributed by atoms with Crippen molar-refractivity contribution in [3.05, 3.63) is 76.1 Å². The van der Waals surface area contributed by atoms with E-state index in [1.165, 1.54) is 0 Å². The maximum atomic E-state index is 13.9. The molecular weight excluding hydrogens is 468 g/mol. The van der Waals surface area contributed by atoms with Crippen LogP contribution in [0.3, 0.4) is 0 Å². The topological polar surface area (TPSA) is 67.2 Å². The van der Waals surface area contributed by atoms with Crippen LogP contribution in [-0.2, 0) is 7.05 Å². The molecule has 36 heavy (non-hydrogen) atoms. The second-order valence-corrected chi connectivity index (χ2v) is 11.4. The van der Waals surface area contributed by atoms with Gasteiger partial charge >= 0.3 is 0 Å². The van der Waals surface area contributed by atoms with Gasteiger partial charge in [0.15, 0.2) is 0 Å². The average Bonchev–Trinajstić information content (AvgIpc) is 3.23. The summed E-state index contributed by atoms with van der Waals surface area (Å²) in [5.41, 5.74) is 5.43. The highest BCUT2D eigenvalue weighted by atomic mass is 32.1.